The minimum Gasteiger partial charge on any atom is -0.364 e. The van der Waals surface area contributed by atoms with E-state index in [1.807, 2.05) is 6.07 Å². The zero-order valence-corrected chi connectivity index (χ0v) is 11.3. The van der Waals surface area contributed by atoms with Gasteiger partial charge in [-0.2, -0.15) is 5.26 Å². The standard InChI is InChI=1S/C16H13N3O2/c17-8-10-4-6-11(7-5-10)19-16(21)12-9-18-13-2-1-3-14(20)15(12)13/h4-7,9,18H,1-3H2,(H,19,21). The lowest BCUT2D eigenvalue weighted by Gasteiger charge is -2.11. The van der Waals surface area contributed by atoms with Crippen molar-refractivity contribution in [3.8, 4) is 6.07 Å². The lowest BCUT2D eigenvalue weighted by molar-refractivity contribution is 0.0956. The van der Waals surface area contributed by atoms with E-state index in [4.69, 9.17) is 5.26 Å². The van der Waals surface area contributed by atoms with E-state index in [1.54, 1.807) is 30.5 Å². The van der Waals surface area contributed by atoms with Crippen molar-refractivity contribution in [1.82, 2.24) is 4.98 Å². The van der Waals surface area contributed by atoms with Gasteiger partial charge in [-0.05, 0) is 37.1 Å². The van der Waals surface area contributed by atoms with Crippen LogP contribution in [0.25, 0.3) is 0 Å². The summed E-state index contributed by atoms with van der Waals surface area (Å²) in [4.78, 5) is 27.3. The number of Topliss-reactive ketones (excluding diaryl/α,β-unsaturated/α-hetero) is 1. The van der Waals surface area contributed by atoms with Crippen molar-refractivity contribution in [2.75, 3.05) is 5.32 Å². The highest BCUT2D eigenvalue weighted by molar-refractivity contribution is 6.13. The van der Waals surface area contributed by atoms with Gasteiger partial charge in [0.05, 0.1) is 22.8 Å². The van der Waals surface area contributed by atoms with Crippen LogP contribution in [0.4, 0.5) is 5.69 Å². The third-order valence-electron chi connectivity index (χ3n) is 3.59. The van der Waals surface area contributed by atoms with Crippen LogP contribution < -0.4 is 5.32 Å². The molecule has 0 fully saturated rings. The molecule has 0 saturated heterocycles. The van der Waals surface area contributed by atoms with E-state index in [9.17, 15) is 9.59 Å². The fourth-order valence-corrected chi connectivity index (χ4v) is 2.54. The van der Waals surface area contributed by atoms with Gasteiger partial charge in [0.2, 0.25) is 0 Å². The van der Waals surface area contributed by atoms with Crippen molar-refractivity contribution >= 4 is 17.4 Å². The molecule has 1 amide bonds. The first-order valence-electron chi connectivity index (χ1n) is 6.74. The van der Waals surface area contributed by atoms with Crippen LogP contribution in [0.1, 0.15) is 44.8 Å². The molecule has 0 atom stereocenters. The highest BCUT2D eigenvalue weighted by atomic mass is 16.2. The molecule has 5 heteroatoms. The number of amides is 1. The number of rotatable bonds is 2. The molecule has 0 unspecified atom stereocenters. The molecule has 2 N–H and O–H groups in total. The molecule has 3 rings (SSSR count). The van der Waals surface area contributed by atoms with Crippen LogP contribution in [-0.4, -0.2) is 16.7 Å². The van der Waals surface area contributed by atoms with Crippen molar-refractivity contribution < 1.29 is 9.59 Å². The van der Waals surface area contributed by atoms with Gasteiger partial charge in [0.1, 0.15) is 0 Å². The molecule has 1 aliphatic rings. The molecular weight excluding hydrogens is 266 g/mol. The Labute approximate surface area is 121 Å². The number of H-pyrrole nitrogens is 1. The number of aryl methyl sites for hydroxylation is 1. The predicted molar refractivity (Wildman–Crippen MR) is 77.2 cm³/mol. The van der Waals surface area contributed by atoms with Gasteiger partial charge in [0, 0.05) is 24.0 Å². The minimum atomic E-state index is -0.313. The fraction of sp³-hybridized carbons (Fsp3) is 0.188. The van der Waals surface area contributed by atoms with Crippen LogP contribution in [-0.2, 0) is 6.42 Å². The molecule has 0 bridgehead atoms. The van der Waals surface area contributed by atoms with Crippen molar-refractivity contribution in [3.05, 3.63) is 52.8 Å². The Morgan fingerprint density at radius 1 is 1.24 bits per heavy atom. The van der Waals surface area contributed by atoms with Crippen LogP contribution in [0, 0.1) is 11.3 Å². The number of nitrogens with zero attached hydrogens (tertiary/aromatic N) is 1. The number of hydrogen-bond donors (Lipinski definition) is 2. The van der Waals surface area contributed by atoms with Gasteiger partial charge in [-0.1, -0.05) is 0 Å². The number of ketones is 1. The topological polar surface area (TPSA) is 85.8 Å². The second kappa shape index (κ2) is 5.25. The summed E-state index contributed by atoms with van der Waals surface area (Å²) in [6.07, 6.45) is 3.70. The summed E-state index contributed by atoms with van der Waals surface area (Å²) in [6, 6.07) is 8.61. The van der Waals surface area contributed by atoms with Crippen LogP contribution in [0.15, 0.2) is 30.5 Å². The number of nitriles is 1. The van der Waals surface area contributed by atoms with E-state index in [0.717, 1.165) is 18.5 Å². The molecule has 0 saturated carbocycles. The summed E-state index contributed by atoms with van der Waals surface area (Å²) in [5, 5.41) is 11.5. The number of benzene rings is 1. The maximum Gasteiger partial charge on any atom is 0.257 e. The SMILES string of the molecule is N#Cc1ccc(NC(=O)c2c[nH]c3c2C(=O)CCC3)cc1. The second-order valence-corrected chi connectivity index (χ2v) is 4.98. The first-order valence-corrected chi connectivity index (χ1v) is 6.74. The summed E-state index contributed by atoms with van der Waals surface area (Å²) < 4.78 is 0. The number of aromatic nitrogens is 1. The Bertz CT molecular complexity index is 751. The highest BCUT2D eigenvalue weighted by Gasteiger charge is 2.25. The quantitative estimate of drug-likeness (QED) is 0.886. The zero-order valence-electron chi connectivity index (χ0n) is 11.3. The predicted octanol–water partition coefficient (Wildman–Crippen LogP) is 2.66. The van der Waals surface area contributed by atoms with Crippen LogP contribution in [0.3, 0.4) is 0 Å². The normalized spacial score (nSPS) is 13.4. The van der Waals surface area contributed by atoms with Crippen LogP contribution in [0.5, 0.6) is 0 Å². The lowest BCUT2D eigenvalue weighted by Crippen LogP contribution is -2.17. The van der Waals surface area contributed by atoms with Crippen LogP contribution in [0.2, 0.25) is 0 Å². The van der Waals surface area contributed by atoms with E-state index >= 15 is 0 Å². The van der Waals surface area contributed by atoms with E-state index in [1.165, 1.54) is 0 Å². The summed E-state index contributed by atoms with van der Waals surface area (Å²) >= 11 is 0. The van der Waals surface area contributed by atoms with Gasteiger partial charge in [-0.25, -0.2) is 0 Å². The van der Waals surface area contributed by atoms with Gasteiger partial charge in [-0.15, -0.1) is 0 Å². The first-order chi connectivity index (χ1) is 10.2. The minimum absolute atomic E-state index is 0.0162. The molecular formula is C16H13N3O2. The molecule has 1 aromatic carbocycles. The number of carbonyl (C=O) groups is 2. The zero-order chi connectivity index (χ0) is 14.8. The molecule has 0 aliphatic heterocycles. The molecule has 1 aliphatic carbocycles. The molecule has 2 aromatic rings. The van der Waals surface area contributed by atoms with Gasteiger partial charge >= 0.3 is 0 Å². The second-order valence-electron chi connectivity index (χ2n) is 4.98. The largest absolute Gasteiger partial charge is 0.364 e. The molecule has 21 heavy (non-hydrogen) atoms. The maximum atomic E-state index is 12.3. The van der Waals surface area contributed by atoms with Crippen LogP contribution >= 0.6 is 0 Å². The Balaban J connectivity index is 1.84. The van der Waals surface area contributed by atoms with E-state index in [-0.39, 0.29) is 11.7 Å². The van der Waals surface area contributed by atoms with Crippen molar-refractivity contribution in [2.24, 2.45) is 0 Å². The average molecular weight is 279 g/mol. The van der Waals surface area contributed by atoms with Crippen molar-refractivity contribution in [1.29, 1.82) is 5.26 Å². The number of fused-ring (bicyclic) bond motifs is 1. The third kappa shape index (κ3) is 2.43. The molecule has 0 radical (unpaired) electrons. The summed E-state index contributed by atoms with van der Waals surface area (Å²) in [5.41, 5.74) is 2.88. The van der Waals surface area contributed by atoms with Gasteiger partial charge < -0.3 is 10.3 Å². The Morgan fingerprint density at radius 3 is 2.71 bits per heavy atom. The average Bonchev–Trinajstić information content (AvgIpc) is 2.93. The highest BCUT2D eigenvalue weighted by Crippen LogP contribution is 2.24. The molecule has 0 spiro atoms. The summed E-state index contributed by atoms with van der Waals surface area (Å²) in [6.45, 7) is 0. The van der Waals surface area contributed by atoms with Crippen molar-refractivity contribution in [2.45, 2.75) is 19.3 Å². The smallest absolute Gasteiger partial charge is 0.257 e. The number of anilines is 1. The van der Waals surface area contributed by atoms with E-state index < -0.39 is 0 Å². The molecule has 1 heterocycles. The third-order valence-corrected chi connectivity index (χ3v) is 3.59. The summed E-state index contributed by atoms with van der Waals surface area (Å²) in [5.74, 6) is -0.296. The first kappa shape index (κ1) is 13.1. The number of carbonyl (C=O) groups excluding carboxylic acids is 2. The van der Waals surface area contributed by atoms with E-state index in [2.05, 4.69) is 10.3 Å². The fourth-order valence-electron chi connectivity index (χ4n) is 2.54. The Morgan fingerprint density at radius 2 is 2.00 bits per heavy atom. The molecule has 5 nitrogen and oxygen atoms in total. The number of nitrogens with one attached hydrogen (secondary N) is 2. The monoisotopic (exact) mass is 279 g/mol. The number of aromatic amines is 1. The summed E-state index contributed by atoms with van der Waals surface area (Å²) in [7, 11) is 0. The van der Waals surface area contributed by atoms with E-state index in [0.29, 0.717) is 28.8 Å². The number of hydrogen-bond acceptors (Lipinski definition) is 3. The Hall–Kier alpha value is -2.87. The molecule has 104 valence electrons. The van der Waals surface area contributed by atoms with Crippen molar-refractivity contribution in [3.63, 3.8) is 0 Å². The van der Waals surface area contributed by atoms with Gasteiger partial charge in [0.25, 0.3) is 5.91 Å². The Kier molecular flexibility index (Phi) is 3.28. The molecule has 1 aromatic heterocycles. The van der Waals surface area contributed by atoms with Gasteiger partial charge in [0.15, 0.2) is 5.78 Å². The van der Waals surface area contributed by atoms with Gasteiger partial charge in [-0.3, -0.25) is 9.59 Å². The lowest BCUT2D eigenvalue weighted by atomic mass is 9.93. The maximum absolute atomic E-state index is 12.3.